The van der Waals surface area contributed by atoms with Crippen LogP contribution < -0.4 is 5.32 Å². The van der Waals surface area contributed by atoms with Gasteiger partial charge in [0.25, 0.3) is 0 Å². The van der Waals surface area contributed by atoms with Gasteiger partial charge in [0.2, 0.25) is 0 Å². The summed E-state index contributed by atoms with van der Waals surface area (Å²) in [4.78, 5) is 0. The monoisotopic (exact) mass is 260 g/mol. The first-order valence-corrected chi connectivity index (χ1v) is 6.98. The number of aromatic nitrogens is 3. The minimum atomic E-state index is 0.692. The third-order valence-corrected chi connectivity index (χ3v) is 3.31. The molecule has 2 heterocycles. The van der Waals surface area contributed by atoms with Gasteiger partial charge in [0.1, 0.15) is 0 Å². The predicted octanol–water partition coefficient (Wildman–Crippen LogP) is 2.21. The van der Waals surface area contributed by atoms with Gasteiger partial charge in [-0.05, 0) is 30.7 Å². The highest BCUT2D eigenvalue weighted by Crippen LogP contribution is 2.06. The van der Waals surface area contributed by atoms with E-state index in [9.17, 15) is 0 Å². The van der Waals surface area contributed by atoms with Crippen molar-refractivity contribution >= 4 is 0 Å². The van der Waals surface area contributed by atoms with Crippen molar-refractivity contribution in [1.82, 2.24) is 19.7 Å². The van der Waals surface area contributed by atoms with Crippen molar-refractivity contribution in [2.24, 2.45) is 13.0 Å². The Bertz CT molecular complexity index is 496. The Morgan fingerprint density at radius 1 is 1.26 bits per heavy atom. The normalized spacial score (nSPS) is 11.4. The summed E-state index contributed by atoms with van der Waals surface area (Å²) in [6, 6.07) is 6.40. The van der Waals surface area contributed by atoms with Gasteiger partial charge in [-0.15, -0.1) is 0 Å². The molecule has 0 amide bonds. The molecule has 104 valence electrons. The van der Waals surface area contributed by atoms with Crippen LogP contribution in [-0.4, -0.2) is 20.9 Å². The van der Waals surface area contributed by atoms with E-state index in [1.54, 1.807) is 0 Å². The molecule has 0 aliphatic rings. The maximum Gasteiger partial charge on any atom is 0.0492 e. The molecule has 0 aliphatic carbocycles. The van der Waals surface area contributed by atoms with Crippen molar-refractivity contribution in [2.45, 2.75) is 33.4 Å². The molecule has 1 N–H and O–H groups in total. The second-order valence-corrected chi connectivity index (χ2v) is 5.41. The van der Waals surface area contributed by atoms with E-state index < -0.39 is 0 Å². The SMILES string of the molecule is CC(C)CNCc1cccn1CCc1ccnn1C. The van der Waals surface area contributed by atoms with Gasteiger partial charge in [0, 0.05) is 50.3 Å². The zero-order valence-corrected chi connectivity index (χ0v) is 12.1. The van der Waals surface area contributed by atoms with Crippen LogP contribution in [0.25, 0.3) is 0 Å². The fraction of sp³-hybridized carbons (Fsp3) is 0.533. The Kier molecular flexibility index (Phi) is 4.80. The number of nitrogens with one attached hydrogen (secondary N) is 1. The van der Waals surface area contributed by atoms with Gasteiger partial charge in [-0.2, -0.15) is 5.10 Å². The summed E-state index contributed by atoms with van der Waals surface area (Å²) in [5.74, 6) is 0.692. The standard InChI is InChI=1S/C15H24N4/c1-13(2)11-16-12-15-5-4-9-19(15)10-7-14-6-8-17-18(14)3/h4-6,8-9,13,16H,7,10-12H2,1-3H3. The van der Waals surface area contributed by atoms with Crippen molar-refractivity contribution in [3.63, 3.8) is 0 Å². The molecule has 0 radical (unpaired) electrons. The summed E-state index contributed by atoms with van der Waals surface area (Å²) in [6.07, 6.45) is 5.03. The Hall–Kier alpha value is -1.55. The van der Waals surface area contributed by atoms with E-state index in [1.807, 2.05) is 17.9 Å². The van der Waals surface area contributed by atoms with Crippen molar-refractivity contribution in [3.8, 4) is 0 Å². The third kappa shape index (κ3) is 3.96. The maximum absolute atomic E-state index is 4.20. The van der Waals surface area contributed by atoms with Crippen LogP contribution in [0.2, 0.25) is 0 Å². The van der Waals surface area contributed by atoms with E-state index in [1.165, 1.54) is 11.4 Å². The maximum atomic E-state index is 4.20. The number of aryl methyl sites for hydroxylation is 3. The minimum absolute atomic E-state index is 0.692. The van der Waals surface area contributed by atoms with Crippen LogP contribution in [0.15, 0.2) is 30.6 Å². The molecule has 0 atom stereocenters. The van der Waals surface area contributed by atoms with E-state index in [0.717, 1.165) is 26.1 Å². The van der Waals surface area contributed by atoms with Gasteiger partial charge in [-0.25, -0.2) is 0 Å². The molecule has 0 bridgehead atoms. The van der Waals surface area contributed by atoms with E-state index >= 15 is 0 Å². The molecule has 0 spiro atoms. The zero-order valence-electron chi connectivity index (χ0n) is 12.1. The minimum Gasteiger partial charge on any atom is -0.350 e. The molecule has 4 nitrogen and oxygen atoms in total. The Balaban J connectivity index is 1.87. The second-order valence-electron chi connectivity index (χ2n) is 5.41. The molecule has 0 aliphatic heterocycles. The summed E-state index contributed by atoms with van der Waals surface area (Å²) in [6.45, 7) is 7.47. The first-order chi connectivity index (χ1) is 9.16. The average molecular weight is 260 g/mol. The van der Waals surface area contributed by atoms with Gasteiger partial charge < -0.3 is 9.88 Å². The average Bonchev–Trinajstić information content (AvgIpc) is 2.95. The highest BCUT2D eigenvalue weighted by atomic mass is 15.3. The second kappa shape index (κ2) is 6.57. The quantitative estimate of drug-likeness (QED) is 0.828. The Labute approximate surface area is 115 Å². The van der Waals surface area contributed by atoms with Gasteiger partial charge in [-0.3, -0.25) is 4.68 Å². The fourth-order valence-corrected chi connectivity index (χ4v) is 2.20. The topological polar surface area (TPSA) is 34.8 Å². The van der Waals surface area contributed by atoms with Crippen LogP contribution in [-0.2, 0) is 26.6 Å². The Morgan fingerprint density at radius 2 is 2.11 bits per heavy atom. The summed E-state index contributed by atoms with van der Waals surface area (Å²) < 4.78 is 4.26. The fourth-order valence-electron chi connectivity index (χ4n) is 2.20. The van der Waals surface area contributed by atoms with Crippen LogP contribution in [0, 0.1) is 5.92 Å². The summed E-state index contributed by atoms with van der Waals surface area (Å²) >= 11 is 0. The van der Waals surface area contributed by atoms with Crippen LogP contribution in [0.4, 0.5) is 0 Å². The first-order valence-electron chi connectivity index (χ1n) is 6.98. The number of rotatable bonds is 7. The third-order valence-electron chi connectivity index (χ3n) is 3.31. The molecule has 4 heteroatoms. The predicted molar refractivity (Wildman–Crippen MR) is 77.9 cm³/mol. The van der Waals surface area contributed by atoms with Crippen molar-refractivity contribution in [2.75, 3.05) is 6.54 Å². The van der Waals surface area contributed by atoms with Gasteiger partial charge in [0.15, 0.2) is 0 Å². The van der Waals surface area contributed by atoms with E-state index in [2.05, 4.69) is 53.2 Å². The number of hydrogen-bond acceptors (Lipinski definition) is 2. The van der Waals surface area contributed by atoms with Crippen LogP contribution in [0.5, 0.6) is 0 Å². The van der Waals surface area contributed by atoms with Crippen molar-refractivity contribution in [3.05, 3.63) is 42.0 Å². The van der Waals surface area contributed by atoms with Gasteiger partial charge in [-0.1, -0.05) is 13.8 Å². The lowest BCUT2D eigenvalue weighted by Crippen LogP contribution is -2.21. The molecule has 19 heavy (non-hydrogen) atoms. The van der Waals surface area contributed by atoms with Crippen LogP contribution in [0.1, 0.15) is 25.2 Å². The van der Waals surface area contributed by atoms with Gasteiger partial charge in [0.05, 0.1) is 0 Å². The first kappa shape index (κ1) is 13.9. The summed E-state index contributed by atoms with van der Waals surface area (Å²) in [5, 5.41) is 7.70. The number of nitrogens with zero attached hydrogens (tertiary/aromatic N) is 3. The summed E-state index contributed by atoms with van der Waals surface area (Å²) in [5.41, 5.74) is 2.62. The van der Waals surface area contributed by atoms with Gasteiger partial charge >= 0.3 is 0 Å². The van der Waals surface area contributed by atoms with E-state index in [4.69, 9.17) is 0 Å². The van der Waals surface area contributed by atoms with E-state index in [0.29, 0.717) is 5.92 Å². The Morgan fingerprint density at radius 3 is 2.79 bits per heavy atom. The van der Waals surface area contributed by atoms with Crippen LogP contribution >= 0.6 is 0 Å². The lowest BCUT2D eigenvalue weighted by Gasteiger charge is -2.11. The lowest BCUT2D eigenvalue weighted by atomic mass is 10.2. The highest BCUT2D eigenvalue weighted by molar-refractivity contribution is 5.08. The smallest absolute Gasteiger partial charge is 0.0492 e. The van der Waals surface area contributed by atoms with Crippen molar-refractivity contribution < 1.29 is 0 Å². The summed E-state index contributed by atoms with van der Waals surface area (Å²) in [7, 11) is 2.00. The molecule has 2 aromatic heterocycles. The van der Waals surface area contributed by atoms with Crippen molar-refractivity contribution in [1.29, 1.82) is 0 Å². The zero-order chi connectivity index (χ0) is 13.7. The molecule has 0 saturated heterocycles. The van der Waals surface area contributed by atoms with E-state index in [-0.39, 0.29) is 0 Å². The van der Waals surface area contributed by atoms with Crippen LogP contribution in [0.3, 0.4) is 0 Å². The molecular formula is C15H24N4. The molecule has 0 fully saturated rings. The molecule has 2 aromatic rings. The molecule has 0 unspecified atom stereocenters. The highest BCUT2D eigenvalue weighted by Gasteiger charge is 2.03. The number of hydrogen-bond donors (Lipinski definition) is 1. The molecule has 0 aromatic carbocycles. The molecular weight excluding hydrogens is 236 g/mol. The molecule has 0 saturated carbocycles. The lowest BCUT2D eigenvalue weighted by molar-refractivity contribution is 0.531. The largest absolute Gasteiger partial charge is 0.350 e. The molecule has 2 rings (SSSR count).